The molecule has 0 radical (unpaired) electrons. The van der Waals surface area contributed by atoms with E-state index < -0.39 is 13.9 Å². The molecule has 5 heteroatoms. The number of benzene rings is 3. The van der Waals surface area contributed by atoms with Crippen LogP contribution in [0.1, 0.15) is 12.0 Å². The van der Waals surface area contributed by atoms with Gasteiger partial charge in [0.15, 0.2) is 0 Å². The number of ether oxygens (including phenoxy) is 1. The first-order valence-corrected chi connectivity index (χ1v) is 11.2. The molecule has 0 aliphatic carbocycles. The number of hydrogen-bond donors (Lipinski definition) is 0. The summed E-state index contributed by atoms with van der Waals surface area (Å²) in [4.78, 5) is 24.7. The van der Waals surface area contributed by atoms with Crippen molar-refractivity contribution in [3.63, 3.8) is 0 Å². The number of ketones is 1. The first-order valence-electron chi connectivity index (χ1n) is 8.91. The Labute approximate surface area is 174 Å². The van der Waals surface area contributed by atoms with Gasteiger partial charge in [-0.2, -0.15) is 0 Å². The molecule has 142 valence electrons. The van der Waals surface area contributed by atoms with Gasteiger partial charge in [-0.3, -0.25) is 9.59 Å². The number of rotatable bonds is 8. The summed E-state index contributed by atoms with van der Waals surface area (Å²) in [5, 5.41) is 2.25. The Morgan fingerprint density at radius 1 is 0.786 bits per heavy atom. The molecule has 28 heavy (non-hydrogen) atoms. The molecule has 0 N–H and O–H groups in total. The van der Waals surface area contributed by atoms with Crippen molar-refractivity contribution >= 4 is 46.2 Å². The first-order chi connectivity index (χ1) is 13.6. The summed E-state index contributed by atoms with van der Waals surface area (Å²) >= 11 is 3.37. The Kier molecular flexibility index (Phi) is 7.53. The number of carbonyl (C=O) groups excluding carboxylic acids is 2. The van der Waals surface area contributed by atoms with Gasteiger partial charge in [0.2, 0.25) is 0 Å². The van der Waals surface area contributed by atoms with E-state index in [4.69, 9.17) is 4.74 Å². The van der Waals surface area contributed by atoms with Crippen LogP contribution in [-0.2, 0) is 20.9 Å². The van der Waals surface area contributed by atoms with Gasteiger partial charge in [0, 0.05) is 10.6 Å². The Bertz CT molecular complexity index is 872. The number of halogens is 1. The second-order valence-electron chi connectivity index (χ2n) is 6.26. The molecule has 0 spiro atoms. The van der Waals surface area contributed by atoms with Crippen molar-refractivity contribution in [2.75, 3.05) is 6.16 Å². The normalized spacial score (nSPS) is 10.6. The number of carbonyl (C=O) groups is 2. The summed E-state index contributed by atoms with van der Waals surface area (Å²) in [6, 6.07) is 27.5. The van der Waals surface area contributed by atoms with Crippen LogP contribution < -0.4 is 10.6 Å². The molecule has 0 fully saturated rings. The summed E-state index contributed by atoms with van der Waals surface area (Å²) in [6.45, 7) is 0.172. The van der Waals surface area contributed by atoms with E-state index in [-0.39, 0.29) is 18.8 Å². The highest BCUT2D eigenvalue weighted by Crippen LogP contribution is 2.33. The Balaban J connectivity index is 1.60. The highest BCUT2D eigenvalue weighted by molar-refractivity contribution is 9.10. The molecule has 3 aromatic rings. The van der Waals surface area contributed by atoms with Gasteiger partial charge >= 0.3 is 5.97 Å². The van der Waals surface area contributed by atoms with Crippen LogP contribution in [0.5, 0.6) is 0 Å². The van der Waals surface area contributed by atoms with Crippen molar-refractivity contribution in [3.8, 4) is 0 Å². The van der Waals surface area contributed by atoms with E-state index >= 15 is 0 Å². The van der Waals surface area contributed by atoms with Crippen molar-refractivity contribution < 1.29 is 14.3 Å². The summed E-state index contributed by atoms with van der Waals surface area (Å²) in [6.07, 6.45) is 0.131. The third-order valence-corrected chi connectivity index (χ3v) is 7.17. The summed E-state index contributed by atoms with van der Waals surface area (Å²) in [5.41, 5.74) is 0.889. The van der Waals surface area contributed by atoms with Gasteiger partial charge in [0.05, 0.1) is 0 Å². The molecule has 0 aliphatic rings. The molecule has 0 amide bonds. The monoisotopic (exact) mass is 454 g/mol. The standard InChI is InChI=1S/C23H20BrO3P/c24-19-13-11-18(12-14-19)16-27-23(26)15-20(25)17-28(21-7-3-1-4-8-21)22-9-5-2-6-10-22/h1-14H,15-17H2. The minimum Gasteiger partial charge on any atom is -0.460 e. The molecule has 0 saturated carbocycles. The molecule has 0 aliphatic heterocycles. The van der Waals surface area contributed by atoms with Crippen molar-refractivity contribution in [1.29, 1.82) is 0 Å². The van der Waals surface area contributed by atoms with Crippen LogP contribution in [0.2, 0.25) is 0 Å². The maximum atomic E-state index is 12.6. The van der Waals surface area contributed by atoms with Gasteiger partial charge in [-0.25, -0.2) is 0 Å². The molecular formula is C23H20BrO3P. The average Bonchev–Trinajstić information content (AvgIpc) is 2.73. The maximum Gasteiger partial charge on any atom is 0.313 e. The van der Waals surface area contributed by atoms with E-state index in [2.05, 4.69) is 15.9 Å². The molecule has 3 rings (SSSR count). The van der Waals surface area contributed by atoms with E-state index in [0.717, 1.165) is 20.6 Å². The fraction of sp³-hybridized carbons (Fsp3) is 0.130. The van der Waals surface area contributed by atoms with Crippen LogP contribution in [-0.4, -0.2) is 17.9 Å². The Morgan fingerprint density at radius 3 is 1.86 bits per heavy atom. The summed E-state index contributed by atoms with van der Waals surface area (Å²) in [5.74, 6) is -0.580. The summed E-state index contributed by atoms with van der Waals surface area (Å²) < 4.78 is 6.23. The van der Waals surface area contributed by atoms with Gasteiger partial charge < -0.3 is 4.74 Å². The van der Waals surface area contributed by atoms with Crippen molar-refractivity contribution in [2.45, 2.75) is 13.0 Å². The Morgan fingerprint density at radius 2 is 1.32 bits per heavy atom. The van der Waals surface area contributed by atoms with Crippen LogP contribution in [0, 0.1) is 0 Å². The van der Waals surface area contributed by atoms with E-state index in [1.807, 2.05) is 84.9 Å². The van der Waals surface area contributed by atoms with E-state index in [1.165, 1.54) is 0 Å². The largest absolute Gasteiger partial charge is 0.460 e. The predicted octanol–water partition coefficient (Wildman–Crippen LogP) is 4.58. The highest BCUT2D eigenvalue weighted by Gasteiger charge is 2.20. The van der Waals surface area contributed by atoms with Gasteiger partial charge in [0.25, 0.3) is 0 Å². The molecule has 0 heterocycles. The zero-order chi connectivity index (χ0) is 19.8. The third kappa shape index (κ3) is 6.12. The zero-order valence-corrected chi connectivity index (χ0v) is 17.7. The lowest BCUT2D eigenvalue weighted by Gasteiger charge is -2.17. The lowest BCUT2D eigenvalue weighted by molar-refractivity contribution is -0.146. The molecular weight excluding hydrogens is 435 g/mol. The summed E-state index contributed by atoms with van der Waals surface area (Å²) in [7, 11) is -0.840. The zero-order valence-electron chi connectivity index (χ0n) is 15.3. The predicted molar refractivity (Wildman–Crippen MR) is 118 cm³/mol. The quantitative estimate of drug-likeness (QED) is 0.284. The second-order valence-corrected chi connectivity index (χ2v) is 9.38. The number of esters is 1. The minimum atomic E-state index is -0.840. The topological polar surface area (TPSA) is 43.4 Å². The van der Waals surface area contributed by atoms with Gasteiger partial charge in [0.1, 0.15) is 18.8 Å². The molecule has 3 nitrogen and oxygen atoms in total. The smallest absolute Gasteiger partial charge is 0.313 e. The molecule has 0 aromatic heterocycles. The van der Waals surface area contributed by atoms with E-state index in [9.17, 15) is 9.59 Å². The fourth-order valence-electron chi connectivity index (χ4n) is 2.74. The molecule has 0 unspecified atom stereocenters. The van der Waals surface area contributed by atoms with Gasteiger partial charge in [-0.15, -0.1) is 0 Å². The van der Waals surface area contributed by atoms with Crippen molar-refractivity contribution in [3.05, 3.63) is 95.0 Å². The molecule has 3 aromatic carbocycles. The SMILES string of the molecule is O=C(CC(=O)OCc1ccc(Br)cc1)CP(c1ccccc1)c1ccccc1. The average molecular weight is 455 g/mol. The number of hydrogen-bond acceptors (Lipinski definition) is 3. The minimum absolute atomic E-state index is 0.0976. The highest BCUT2D eigenvalue weighted by atomic mass is 79.9. The van der Waals surface area contributed by atoms with Crippen LogP contribution in [0.25, 0.3) is 0 Å². The van der Waals surface area contributed by atoms with Crippen molar-refractivity contribution in [2.24, 2.45) is 0 Å². The van der Waals surface area contributed by atoms with Gasteiger partial charge in [-0.1, -0.05) is 88.7 Å². The number of Topliss-reactive ketones (excluding diaryl/α,β-unsaturated/α-hetero) is 1. The third-order valence-electron chi connectivity index (χ3n) is 4.12. The van der Waals surface area contributed by atoms with Crippen LogP contribution >= 0.6 is 23.9 Å². The maximum absolute atomic E-state index is 12.6. The van der Waals surface area contributed by atoms with E-state index in [0.29, 0.717) is 6.16 Å². The second kappa shape index (κ2) is 10.3. The molecule has 0 saturated heterocycles. The van der Waals surface area contributed by atoms with Crippen LogP contribution in [0.4, 0.5) is 0 Å². The molecule has 0 atom stereocenters. The lowest BCUT2D eigenvalue weighted by atomic mass is 10.2. The molecule has 0 bridgehead atoms. The Hall–Kier alpha value is -2.29. The lowest BCUT2D eigenvalue weighted by Crippen LogP contribution is -2.20. The van der Waals surface area contributed by atoms with Gasteiger partial charge in [-0.05, 0) is 36.2 Å². The van der Waals surface area contributed by atoms with Crippen LogP contribution in [0.15, 0.2) is 89.4 Å². The fourth-order valence-corrected chi connectivity index (χ4v) is 5.19. The first kappa shape index (κ1) is 20.4. The van der Waals surface area contributed by atoms with E-state index in [1.54, 1.807) is 0 Å². The van der Waals surface area contributed by atoms with Crippen molar-refractivity contribution in [1.82, 2.24) is 0 Å². The van der Waals surface area contributed by atoms with Crippen LogP contribution in [0.3, 0.4) is 0 Å².